The molecule has 0 N–H and O–H groups in total. The third kappa shape index (κ3) is 3.45. The zero-order valence-corrected chi connectivity index (χ0v) is 13.8. The van der Waals surface area contributed by atoms with Gasteiger partial charge in [-0.2, -0.15) is 0 Å². The molecule has 2 aliphatic heterocycles. The first-order valence-corrected chi connectivity index (χ1v) is 8.14. The third-order valence-electron chi connectivity index (χ3n) is 4.63. The van der Waals surface area contributed by atoms with Crippen LogP contribution >= 0.6 is 0 Å². The second kappa shape index (κ2) is 7.23. The largest absolute Gasteiger partial charge is 0.383 e. The minimum absolute atomic E-state index is 0.0255. The summed E-state index contributed by atoms with van der Waals surface area (Å²) in [7, 11) is 3.32. The average Bonchev–Trinajstić information content (AvgIpc) is 3.24. The van der Waals surface area contributed by atoms with E-state index in [1.807, 2.05) is 6.07 Å². The van der Waals surface area contributed by atoms with E-state index < -0.39 is 0 Å². The van der Waals surface area contributed by atoms with E-state index in [9.17, 15) is 4.79 Å². The highest BCUT2D eigenvalue weighted by atomic mass is 16.5. The molecule has 3 heterocycles. The SMILES string of the molecule is COC[C@@H]1C[C@H](OC)CN1C(=O)c1ccc(N2CCCC2)nn1. The Morgan fingerprint density at radius 3 is 2.65 bits per heavy atom. The van der Waals surface area contributed by atoms with Crippen molar-refractivity contribution < 1.29 is 14.3 Å². The summed E-state index contributed by atoms with van der Waals surface area (Å²) in [5.74, 6) is 0.746. The molecule has 1 aromatic rings. The van der Waals surface area contributed by atoms with E-state index >= 15 is 0 Å². The Kier molecular flexibility index (Phi) is 5.07. The highest BCUT2D eigenvalue weighted by Gasteiger charge is 2.36. The molecule has 0 spiro atoms. The van der Waals surface area contributed by atoms with Gasteiger partial charge < -0.3 is 19.3 Å². The first kappa shape index (κ1) is 16.1. The lowest BCUT2D eigenvalue weighted by Gasteiger charge is -2.23. The molecule has 2 saturated heterocycles. The molecule has 126 valence electrons. The number of amides is 1. The predicted octanol–water partition coefficient (Wildman–Crippen LogP) is 0.953. The van der Waals surface area contributed by atoms with Crippen molar-refractivity contribution in [1.29, 1.82) is 0 Å². The number of carbonyl (C=O) groups is 1. The number of ether oxygens (including phenoxy) is 2. The second-order valence-corrected chi connectivity index (χ2v) is 6.13. The molecule has 0 bridgehead atoms. The van der Waals surface area contributed by atoms with Crippen LogP contribution in [0.15, 0.2) is 12.1 Å². The molecule has 2 fully saturated rings. The molecule has 7 heteroatoms. The summed E-state index contributed by atoms with van der Waals surface area (Å²) in [5, 5.41) is 8.38. The summed E-state index contributed by atoms with van der Waals surface area (Å²) in [6.45, 7) is 3.10. The third-order valence-corrected chi connectivity index (χ3v) is 4.63. The molecule has 3 rings (SSSR count). The van der Waals surface area contributed by atoms with Gasteiger partial charge in [-0.15, -0.1) is 10.2 Å². The van der Waals surface area contributed by atoms with Crippen molar-refractivity contribution >= 4 is 11.7 Å². The molecular formula is C16H24N4O3. The van der Waals surface area contributed by atoms with Crippen LogP contribution in [-0.4, -0.2) is 73.6 Å². The van der Waals surface area contributed by atoms with E-state index in [1.54, 1.807) is 25.2 Å². The maximum atomic E-state index is 12.7. The normalized spacial score (nSPS) is 24.4. The molecule has 0 aromatic carbocycles. The van der Waals surface area contributed by atoms with Gasteiger partial charge in [0.2, 0.25) is 0 Å². The summed E-state index contributed by atoms with van der Waals surface area (Å²) in [4.78, 5) is 16.7. The molecule has 23 heavy (non-hydrogen) atoms. The predicted molar refractivity (Wildman–Crippen MR) is 85.6 cm³/mol. The van der Waals surface area contributed by atoms with Crippen LogP contribution in [0.3, 0.4) is 0 Å². The van der Waals surface area contributed by atoms with Crippen molar-refractivity contribution in [2.24, 2.45) is 0 Å². The van der Waals surface area contributed by atoms with Crippen molar-refractivity contribution in [3.8, 4) is 0 Å². The molecule has 0 aliphatic carbocycles. The first-order chi connectivity index (χ1) is 11.2. The Balaban J connectivity index is 1.71. The fraction of sp³-hybridized carbons (Fsp3) is 0.688. The Morgan fingerprint density at radius 1 is 1.26 bits per heavy atom. The standard InChI is InChI=1S/C16H24N4O3/c1-22-11-12-9-13(23-2)10-20(12)16(21)14-5-6-15(18-17-14)19-7-3-4-8-19/h5-6,12-13H,3-4,7-11H2,1-2H3/t12-,13-/m0/s1. The smallest absolute Gasteiger partial charge is 0.274 e. The molecule has 0 saturated carbocycles. The molecular weight excluding hydrogens is 296 g/mol. The zero-order chi connectivity index (χ0) is 16.2. The van der Waals surface area contributed by atoms with Crippen molar-refractivity contribution in [3.05, 3.63) is 17.8 Å². The molecule has 2 atom stereocenters. The molecule has 1 amide bonds. The van der Waals surface area contributed by atoms with Gasteiger partial charge >= 0.3 is 0 Å². The van der Waals surface area contributed by atoms with E-state index in [4.69, 9.17) is 9.47 Å². The number of rotatable bonds is 5. The van der Waals surface area contributed by atoms with Crippen LogP contribution in [-0.2, 0) is 9.47 Å². The highest BCUT2D eigenvalue weighted by molar-refractivity contribution is 5.92. The van der Waals surface area contributed by atoms with Crippen molar-refractivity contribution in [3.63, 3.8) is 0 Å². The Hall–Kier alpha value is -1.73. The van der Waals surface area contributed by atoms with E-state index in [2.05, 4.69) is 15.1 Å². The average molecular weight is 320 g/mol. The number of nitrogens with zero attached hydrogens (tertiary/aromatic N) is 4. The van der Waals surface area contributed by atoms with E-state index in [1.165, 1.54) is 12.8 Å². The summed E-state index contributed by atoms with van der Waals surface area (Å²) < 4.78 is 10.6. The topological polar surface area (TPSA) is 67.8 Å². The fourth-order valence-electron chi connectivity index (χ4n) is 3.34. The van der Waals surface area contributed by atoms with Crippen LogP contribution < -0.4 is 4.90 Å². The van der Waals surface area contributed by atoms with Gasteiger partial charge in [-0.3, -0.25) is 4.79 Å². The van der Waals surface area contributed by atoms with Crippen LogP contribution in [0.5, 0.6) is 0 Å². The van der Waals surface area contributed by atoms with Gasteiger partial charge in [0, 0.05) is 33.9 Å². The summed E-state index contributed by atoms with van der Waals surface area (Å²) in [6.07, 6.45) is 3.21. The van der Waals surface area contributed by atoms with Crippen LogP contribution in [0, 0.1) is 0 Å². The minimum Gasteiger partial charge on any atom is -0.383 e. The Labute approximate surface area is 136 Å². The minimum atomic E-state index is -0.105. The molecule has 0 unspecified atom stereocenters. The number of anilines is 1. The van der Waals surface area contributed by atoms with Gasteiger partial charge in [0.15, 0.2) is 11.5 Å². The lowest BCUT2D eigenvalue weighted by atomic mass is 10.2. The maximum absolute atomic E-state index is 12.7. The lowest BCUT2D eigenvalue weighted by molar-refractivity contribution is 0.0605. The summed E-state index contributed by atoms with van der Waals surface area (Å²) in [6, 6.07) is 3.69. The summed E-state index contributed by atoms with van der Waals surface area (Å²) in [5.41, 5.74) is 0.380. The van der Waals surface area contributed by atoms with E-state index in [0.717, 1.165) is 25.3 Å². The molecule has 0 radical (unpaired) electrons. The van der Waals surface area contributed by atoms with E-state index in [-0.39, 0.29) is 18.1 Å². The fourth-order valence-corrected chi connectivity index (χ4v) is 3.34. The zero-order valence-electron chi connectivity index (χ0n) is 13.8. The van der Waals surface area contributed by atoms with Crippen LogP contribution in [0.1, 0.15) is 29.8 Å². The number of hydrogen-bond donors (Lipinski definition) is 0. The number of likely N-dealkylation sites (tertiary alicyclic amines) is 1. The van der Waals surface area contributed by atoms with Crippen LogP contribution in [0.25, 0.3) is 0 Å². The Morgan fingerprint density at radius 2 is 2.04 bits per heavy atom. The maximum Gasteiger partial charge on any atom is 0.274 e. The van der Waals surface area contributed by atoms with Gasteiger partial charge in [0.1, 0.15) is 0 Å². The second-order valence-electron chi connectivity index (χ2n) is 6.13. The molecule has 2 aliphatic rings. The quantitative estimate of drug-likeness (QED) is 0.805. The highest BCUT2D eigenvalue weighted by Crippen LogP contribution is 2.23. The molecule has 7 nitrogen and oxygen atoms in total. The van der Waals surface area contributed by atoms with Gasteiger partial charge in [-0.1, -0.05) is 0 Å². The van der Waals surface area contributed by atoms with Crippen molar-refractivity contribution in [1.82, 2.24) is 15.1 Å². The number of methoxy groups -OCH3 is 2. The number of hydrogen-bond acceptors (Lipinski definition) is 6. The van der Waals surface area contributed by atoms with Crippen molar-refractivity contribution in [2.75, 3.05) is 45.4 Å². The Bertz CT molecular complexity index is 531. The van der Waals surface area contributed by atoms with Crippen molar-refractivity contribution in [2.45, 2.75) is 31.4 Å². The number of carbonyl (C=O) groups excluding carboxylic acids is 1. The van der Waals surface area contributed by atoms with E-state index in [0.29, 0.717) is 18.8 Å². The van der Waals surface area contributed by atoms with Gasteiger partial charge in [0.05, 0.1) is 18.8 Å². The van der Waals surface area contributed by atoms with Gasteiger partial charge in [-0.25, -0.2) is 0 Å². The summed E-state index contributed by atoms with van der Waals surface area (Å²) >= 11 is 0. The first-order valence-electron chi connectivity index (χ1n) is 8.14. The van der Waals surface area contributed by atoms with Crippen LogP contribution in [0.2, 0.25) is 0 Å². The molecule has 1 aromatic heterocycles. The number of aromatic nitrogens is 2. The van der Waals surface area contributed by atoms with Crippen LogP contribution in [0.4, 0.5) is 5.82 Å². The van der Waals surface area contributed by atoms with Gasteiger partial charge in [0.25, 0.3) is 5.91 Å². The van der Waals surface area contributed by atoms with Gasteiger partial charge in [-0.05, 0) is 31.4 Å². The lowest BCUT2D eigenvalue weighted by Crippen LogP contribution is -2.39. The monoisotopic (exact) mass is 320 g/mol.